The quantitative estimate of drug-likeness (QED) is 0.368. The Hall–Kier alpha value is -3.46. The maximum absolute atomic E-state index is 14.2. The van der Waals surface area contributed by atoms with Crippen molar-refractivity contribution in [2.75, 3.05) is 0 Å². The monoisotopic (exact) mass is 448 g/mol. The molecule has 0 amide bonds. The summed E-state index contributed by atoms with van der Waals surface area (Å²) in [5.74, 6) is 0. The fourth-order valence-electron chi connectivity index (χ4n) is 3.57. The normalized spacial score (nSPS) is 13.3. The second-order valence-electron chi connectivity index (χ2n) is 7.03. The van der Waals surface area contributed by atoms with Crippen molar-refractivity contribution in [2.45, 2.75) is 18.5 Å². The number of alkyl halides is 6. The third-order valence-corrected chi connectivity index (χ3v) is 4.96. The fourth-order valence-corrected chi connectivity index (χ4v) is 3.57. The van der Waals surface area contributed by atoms with E-state index in [1.54, 1.807) is 0 Å². The highest BCUT2D eigenvalue weighted by Crippen LogP contribution is 2.47. The van der Waals surface area contributed by atoms with Gasteiger partial charge < -0.3 is 5.11 Å². The average Bonchev–Trinajstić information content (AvgIpc) is 2.76. The minimum atomic E-state index is -5.12. The van der Waals surface area contributed by atoms with E-state index < -0.39 is 46.2 Å². The number of pyridine rings is 2. The van der Waals surface area contributed by atoms with Gasteiger partial charge in [-0.3, -0.25) is 4.98 Å². The van der Waals surface area contributed by atoms with Crippen molar-refractivity contribution in [3.8, 4) is 11.1 Å². The number of hydrogen-bond acceptors (Lipinski definition) is 3. The second kappa shape index (κ2) is 7.90. The van der Waals surface area contributed by atoms with Crippen LogP contribution in [0.15, 0.2) is 73.1 Å². The summed E-state index contributed by atoms with van der Waals surface area (Å²) in [4.78, 5) is 7.37. The Morgan fingerprint density at radius 1 is 0.750 bits per heavy atom. The SMILES string of the molecule is OC(c1ccncc1)c1ccc2nc(C(F)(F)F)c(-c3ccccc3)c(C(F)(F)F)c2c1. The summed E-state index contributed by atoms with van der Waals surface area (Å²) in [5.41, 5.74) is -4.41. The van der Waals surface area contributed by atoms with Gasteiger partial charge in [0.2, 0.25) is 0 Å². The second-order valence-corrected chi connectivity index (χ2v) is 7.03. The van der Waals surface area contributed by atoms with E-state index >= 15 is 0 Å². The van der Waals surface area contributed by atoms with Crippen LogP contribution in [0.2, 0.25) is 0 Å². The molecule has 1 atom stereocenters. The molecule has 164 valence electrons. The van der Waals surface area contributed by atoms with Crippen LogP contribution in [0.1, 0.15) is 28.5 Å². The van der Waals surface area contributed by atoms with Gasteiger partial charge in [-0.05, 0) is 41.0 Å². The Kier molecular flexibility index (Phi) is 5.37. The Balaban J connectivity index is 2.07. The summed E-state index contributed by atoms with van der Waals surface area (Å²) in [6, 6.07) is 12.8. The van der Waals surface area contributed by atoms with Gasteiger partial charge in [0.05, 0.1) is 11.1 Å². The smallest absolute Gasteiger partial charge is 0.384 e. The highest BCUT2D eigenvalue weighted by molar-refractivity contribution is 5.91. The predicted molar refractivity (Wildman–Crippen MR) is 105 cm³/mol. The number of aliphatic hydroxyl groups is 1. The first kappa shape index (κ1) is 21.8. The lowest BCUT2D eigenvalue weighted by Gasteiger charge is -2.21. The fraction of sp³-hybridized carbons (Fsp3) is 0.130. The molecule has 0 radical (unpaired) electrons. The van der Waals surface area contributed by atoms with E-state index in [0.717, 1.165) is 12.1 Å². The van der Waals surface area contributed by atoms with Crippen LogP contribution in [-0.4, -0.2) is 15.1 Å². The van der Waals surface area contributed by atoms with Crippen LogP contribution in [0.4, 0.5) is 26.3 Å². The van der Waals surface area contributed by atoms with Crippen molar-refractivity contribution in [1.29, 1.82) is 0 Å². The molecule has 0 saturated heterocycles. The molecule has 4 aromatic rings. The number of rotatable bonds is 3. The number of benzene rings is 2. The van der Waals surface area contributed by atoms with E-state index in [2.05, 4.69) is 9.97 Å². The molecular formula is C23H14F6N2O. The highest BCUT2D eigenvalue weighted by atomic mass is 19.4. The molecule has 2 heterocycles. The summed E-state index contributed by atoms with van der Waals surface area (Å²) in [5, 5.41) is 10.1. The number of halogens is 6. The van der Waals surface area contributed by atoms with Crippen molar-refractivity contribution in [2.24, 2.45) is 0 Å². The van der Waals surface area contributed by atoms with Crippen molar-refractivity contribution in [1.82, 2.24) is 9.97 Å². The van der Waals surface area contributed by atoms with E-state index in [4.69, 9.17) is 0 Å². The molecule has 0 spiro atoms. The van der Waals surface area contributed by atoms with E-state index in [0.29, 0.717) is 5.56 Å². The Morgan fingerprint density at radius 3 is 2.00 bits per heavy atom. The lowest BCUT2D eigenvalue weighted by molar-refractivity contribution is -0.143. The van der Waals surface area contributed by atoms with Gasteiger partial charge in [-0.25, -0.2) is 4.98 Å². The lowest BCUT2D eigenvalue weighted by atomic mass is 9.92. The van der Waals surface area contributed by atoms with Crippen molar-refractivity contribution in [3.63, 3.8) is 0 Å². The molecule has 0 aliphatic heterocycles. The summed E-state index contributed by atoms with van der Waals surface area (Å²) < 4.78 is 84.0. The van der Waals surface area contributed by atoms with Gasteiger partial charge >= 0.3 is 12.4 Å². The largest absolute Gasteiger partial charge is 0.433 e. The summed E-state index contributed by atoms with van der Waals surface area (Å²) in [6.45, 7) is 0. The summed E-state index contributed by atoms with van der Waals surface area (Å²) in [6.07, 6.45) is -8.72. The Bertz CT molecular complexity index is 1250. The van der Waals surface area contributed by atoms with Crippen LogP contribution in [0, 0.1) is 0 Å². The molecule has 9 heteroatoms. The first-order valence-electron chi connectivity index (χ1n) is 9.33. The van der Waals surface area contributed by atoms with Crippen LogP contribution in [0.25, 0.3) is 22.0 Å². The zero-order valence-corrected chi connectivity index (χ0v) is 16.1. The Morgan fingerprint density at radius 2 is 1.41 bits per heavy atom. The first-order valence-corrected chi connectivity index (χ1v) is 9.33. The third kappa shape index (κ3) is 4.03. The van der Waals surface area contributed by atoms with Gasteiger partial charge in [-0.1, -0.05) is 36.4 Å². The van der Waals surface area contributed by atoms with E-state index in [1.807, 2.05) is 0 Å². The molecule has 0 bridgehead atoms. The molecule has 2 aromatic heterocycles. The Labute approximate surface area is 178 Å². The zero-order valence-electron chi connectivity index (χ0n) is 16.1. The third-order valence-electron chi connectivity index (χ3n) is 4.96. The molecule has 1 unspecified atom stereocenters. The average molecular weight is 448 g/mol. The van der Waals surface area contributed by atoms with Crippen LogP contribution < -0.4 is 0 Å². The summed E-state index contributed by atoms with van der Waals surface area (Å²) in [7, 11) is 0. The number of hydrogen-bond donors (Lipinski definition) is 1. The van der Waals surface area contributed by atoms with Gasteiger partial charge in [-0.15, -0.1) is 0 Å². The molecule has 1 N–H and O–H groups in total. The minimum absolute atomic E-state index is 0.0785. The van der Waals surface area contributed by atoms with E-state index in [-0.39, 0.29) is 11.1 Å². The molecule has 0 aliphatic carbocycles. The first-order chi connectivity index (χ1) is 15.1. The maximum Gasteiger partial charge on any atom is 0.433 e. The molecular weight excluding hydrogens is 434 g/mol. The molecule has 2 aromatic carbocycles. The molecule has 0 aliphatic rings. The van der Waals surface area contributed by atoms with Gasteiger partial charge in [0, 0.05) is 23.3 Å². The summed E-state index contributed by atoms with van der Waals surface area (Å²) >= 11 is 0. The highest BCUT2D eigenvalue weighted by Gasteiger charge is 2.44. The standard InChI is InChI=1S/C23H14F6N2O/c24-22(25,26)19-16-12-15(20(32)14-8-10-30-11-9-14)6-7-17(16)31-21(23(27,28)29)18(19)13-4-2-1-3-5-13/h1-12,20,32H. The predicted octanol–water partition coefficient (Wildman–Crippen LogP) is 6.42. The van der Waals surface area contributed by atoms with Gasteiger partial charge in [0.25, 0.3) is 0 Å². The molecule has 0 saturated carbocycles. The van der Waals surface area contributed by atoms with E-state index in [1.165, 1.54) is 60.9 Å². The molecule has 0 fully saturated rings. The minimum Gasteiger partial charge on any atom is -0.384 e. The molecule has 4 rings (SSSR count). The number of aliphatic hydroxyl groups excluding tert-OH is 1. The van der Waals surface area contributed by atoms with Crippen LogP contribution in [0.3, 0.4) is 0 Å². The number of nitrogens with zero attached hydrogens (tertiary/aromatic N) is 2. The molecule has 3 nitrogen and oxygen atoms in total. The van der Waals surface area contributed by atoms with Crippen LogP contribution in [-0.2, 0) is 12.4 Å². The van der Waals surface area contributed by atoms with Crippen LogP contribution in [0.5, 0.6) is 0 Å². The van der Waals surface area contributed by atoms with Gasteiger partial charge in [-0.2, -0.15) is 26.3 Å². The van der Waals surface area contributed by atoms with Crippen molar-refractivity contribution < 1.29 is 31.4 Å². The molecule has 32 heavy (non-hydrogen) atoms. The van der Waals surface area contributed by atoms with E-state index in [9.17, 15) is 31.4 Å². The number of fused-ring (bicyclic) bond motifs is 1. The van der Waals surface area contributed by atoms with Crippen molar-refractivity contribution >= 4 is 10.9 Å². The number of aromatic nitrogens is 2. The van der Waals surface area contributed by atoms with Crippen molar-refractivity contribution in [3.05, 3.63) is 95.4 Å². The zero-order chi connectivity index (χ0) is 23.1. The van der Waals surface area contributed by atoms with Crippen LogP contribution >= 0.6 is 0 Å². The van der Waals surface area contributed by atoms with Gasteiger partial charge in [0.1, 0.15) is 6.10 Å². The van der Waals surface area contributed by atoms with Gasteiger partial charge in [0.15, 0.2) is 5.69 Å². The topological polar surface area (TPSA) is 46.0 Å². The lowest BCUT2D eigenvalue weighted by Crippen LogP contribution is -2.17. The maximum atomic E-state index is 14.2.